The van der Waals surface area contributed by atoms with E-state index in [9.17, 15) is 20.4 Å². The highest BCUT2D eigenvalue weighted by Gasteiger charge is 2.44. The van der Waals surface area contributed by atoms with Crippen LogP contribution in [0.5, 0.6) is 0 Å². The van der Waals surface area contributed by atoms with Gasteiger partial charge in [-0.25, -0.2) is 0 Å². The van der Waals surface area contributed by atoms with E-state index in [0.717, 1.165) is 38.5 Å². The van der Waals surface area contributed by atoms with Gasteiger partial charge in [-0.05, 0) is 12.8 Å². The van der Waals surface area contributed by atoms with Crippen LogP contribution in [-0.2, 0) is 9.47 Å². The van der Waals surface area contributed by atoms with Gasteiger partial charge in [0.25, 0.3) is 0 Å². The smallest absolute Gasteiger partial charge is 0.186 e. The first-order valence-electron chi connectivity index (χ1n) is 9.51. The lowest BCUT2D eigenvalue weighted by atomic mass is 9.99. The summed E-state index contributed by atoms with van der Waals surface area (Å²) in [4.78, 5) is 0. The standard InChI is InChI=1S/C18H36O6/c1-3-5-7-8-9-11-13(10-6-4-2)23-18-17(22)16(21)15(20)14(12-19)24-18/h13-22H,3-12H2,1-2H3/t13-,14+,15+,16-,17+,18+/m0/s1. The van der Waals surface area contributed by atoms with Crippen molar-refractivity contribution in [3.05, 3.63) is 0 Å². The second kappa shape index (κ2) is 12.2. The molecule has 1 fully saturated rings. The number of aliphatic hydroxyl groups excluding tert-OH is 4. The Morgan fingerprint density at radius 3 is 2.08 bits per heavy atom. The number of hydrogen-bond acceptors (Lipinski definition) is 6. The topological polar surface area (TPSA) is 99.4 Å². The van der Waals surface area contributed by atoms with Crippen LogP contribution in [0.15, 0.2) is 0 Å². The molecule has 6 atom stereocenters. The molecule has 1 saturated heterocycles. The predicted octanol–water partition coefficient (Wildman–Crippen LogP) is 1.72. The van der Waals surface area contributed by atoms with Crippen LogP contribution in [0.1, 0.15) is 71.6 Å². The molecule has 0 radical (unpaired) electrons. The van der Waals surface area contributed by atoms with Crippen LogP contribution >= 0.6 is 0 Å². The fraction of sp³-hybridized carbons (Fsp3) is 1.00. The summed E-state index contributed by atoms with van der Waals surface area (Å²) in [6.07, 6.45) is 3.73. The molecule has 4 N–H and O–H groups in total. The molecule has 1 aliphatic rings. The van der Waals surface area contributed by atoms with E-state index < -0.39 is 37.3 Å². The van der Waals surface area contributed by atoms with Crippen LogP contribution in [0.2, 0.25) is 0 Å². The zero-order valence-corrected chi connectivity index (χ0v) is 15.1. The number of unbranched alkanes of at least 4 members (excludes halogenated alkanes) is 5. The van der Waals surface area contributed by atoms with Crippen molar-refractivity contribution < 1.29 is 29.9 Å². The molecule has 6 nitrogen and oxygen atoms in total. The van der Waals surface area contributed by atoms with Gasteiger partial charge in [0.15, 0.2) is 6.29 Å². The van der Waals surface area contributed by atoms with Gasteiger partial charge in [0.1, 0.15) is 24.4 Å². The predicted molar refractivity (Wildman–Crippen MR) is 91.5 cm³/mol. The van der Waals surface area contributed by atoms with E-state index in [4.69, 9.17) is 9.47 Å². The van der Waals surface area contributed by atoms with E-state index >= 15 is 0 Å². The summed E-state index contributed by atoms with van der Waals surface area (Å²) in [5, 5.41) is 39.0. The monoisotopic (exact) mass is 348 g/mol. The molecule has 0 unspecified atom stereocenters. The number of hydrogen-bond donors (Lipinski definition) is 4. The maximum atomic E-state index is 10.1. The third kappa shape index (κ3) is 6.94. The molecule has 0 saturated carbocycles. The maximum absolute atomic E-state index is 10.1. The summed E-state index contributed by atoms with van der Waals surface area (Å²) in [5.74, 6) is 0. The summed E-state index contributed by atoms with van der Waals surface area (Å²) in [6, 6.07) is 0. The highest BCUT2D eigenvalue weighted by Crippen LogP contribution is 2.25. The molecule has 1 rings (SSSR count). The van der Waals surface area contributed by atoms with E-state index in [1.54, 1.807) is 0 Å². The first kappa shape index (κ1) is 21.8. The van der Waals surface area contributed by atoms with E-state index in [0.29, 0.717) is 0 Å². The molecule has 144 valence electrons. The van der Waals surface area contributed by atoms with Gasteiger partial charge in [0.05, 0.1) is 12.7 Å². The molecular formula is C18H36O6. The normalized spacial score (nSPS) is 32.0. The van der Waals surface area contributed by atoms with Gasteiger partial charge < -0.3 is 29.9 Å². The van der Waals surface area contributed by atoms with Crippen molar-refractivity contribution in [2.24, 2.45) is 0 Å². The van der Waals surface area contributed by atoms with Crippen LogP contribution in [0.4, 0.5) is 0 Å². The Bertz CT molecular complexity index is 312. The maximum Gasteiger partial charge on any atom is 0.186 e. The number of rotatable bonds is 12. The minimum absolute atomic E-state index is 0.0481. The molecule has 0 aromatic carbocycles. The largest absolute Gasteiger partial charge is 0.394 e. The fourth-order valence-corrected chi connectivity index (χ4v) is 3.06. The van der Waals surface area contributed by atoms with E-state index in [1.807, 2.05) is 0 Å². The van der Waals surface area contributed by atoms with Gasteiger partial charge >= 0.3 is 0 Å². The Morgan fingerprint density at radius 1 is 0.833 bits per heavy atom. The second-order valence-corrected chi connectivity index (χ2v) is 6.80. The Kier molecular flexibility index (Phi) is 11.1. The summed E-state index contributed by atoms with van der Waals surface area (Å²) in [6.45, 7) is 3.87. The Hall–Kier alpha value is -0.240. The van der Waals surface area contributed by atoms with Gasteiger partial charge in [0.2, 0.25) is 0 Å². The third-order valence-electron chi connectivity index (χ3n) is 4.68. The zero-order chi connectivity index (χ0) is 17.9. The summed E-state index contributed by atoms with van der Waals surface area (Å²) < 4.78 is 11.4. The van der Waals surface area contributed by atoms with Crippen molar-refractivity contribution in [3.8, 4) is 0 Å². The summed E-state index contributed by atoms with van der Waals surface area (Å²) in [7, 11) is 0. The molecule has 0 aliphatic carbocycles. The molecule has 0 amide bonds. The lowest BCUT2D eigenvalue weighted by Crippen LogP contribution is -2.59. The number of ether oxygens (including phenoxy) is 2. The molecule has 0 bridgehead atoms. The number of aliphatic hydroxyl groups is 4. The lowest BCUT2D eigenvalue weighted by Gasteiger charge is -2.41. The van der Waals surface area contributed by atoms with Gasteiger partial charge in [-0.1, -0.05) is 58.8 Å². The quantitative estimate of drug-likeness (QED) is 0.401. The lowest BCUT2D eigenvalue weighted by molar-refractivity contribution is -0.312. The van der Waals surface area contributed by atoms with Gasteiger partial charge in [-0.15, -0.1) is 0 Å². The summed E-state index contributed by atoms with van der Waals surface area (Å²) >= 11 is 0. The van der Waals surface area contributed by atoms with Crippen molar-refractivity contribution in [2.75, 3.05) is 6.61 Å². The van der Waals surface area contributed by atoms with Crippen LogP contribution in [-0.4, -0.2) is 63.8 Å². The van der Waals surface area contributed by atoms with Crippen molar-refractivity contribution in [3.63, 3.8) is 0 Å². The van der Waals surface area contributed by atoms with Gasteiger partial charge in [0, 0.05) is 0 Å². The van der Waals surface area contributed by atoms with Crippen LogP contribution in [0.3, 0.4) is 0 Å². The molecule has 6 heteroatoms. The van der Waals surface area contributed by atoms with Crippen LogP contribution in [0, 0.1) is 0 Å². The molecule has 0 aromatic heterocycles. The molecule has 1 heterocycles. The minimum Gasteiger partial charge on any atom is -0.394 e. The van der Waals surface area contributed by atoms with Gasteiger partial charge in [-0.3, -0.25) is 0 Å². The van der Waals surface area contributed by atoms with Crippen molar-refractivity contribution in [1.29, 1.82) is 0 Å². The first-order valence-corrected chi connectivity index (χ1v) is 9.51. The fourth-order valence-electron chi connectivity index (χ4n) is 3.06. The second-order valence-electron chi connectivity index (χ2n) is 6.80. The molecule has 0 aromatic rings. The minimum atomic E-state index is -1.38. The molecule has 1 aliphatic heterocycles. The van der Waals surface area contributed by atoms with E-state index in [1.165, 1.54) is 19.3 Å². The van der Waals surface area contributed by atoms with Crippen molar-refractivity contribution >= 4 is 0 Å². The first-order chi connectivity index (χ1) is 11.5. The average molecular weight is 348 g/mol. The van der Waals surface area contributed by atoms with Crippen molar-refractivity contribution in [2.45, 2.75) is 108 Å². The van der Waals surface area contributed by atoms with Crippen molar-refractivity contribution in [1.82, 2.24) is 0 Å². The Labute approximate surface area is 145 Å². The third-order valence-corrected chi connectivity index (χ3v) is 4.68. The zero-order valence-electron chi connectivity index (χ0n) is 15.1. The van der Waals surface area contributed by atoms with E-state index in [2.05, 4.69) is 13.8 Å². The summed E-state index contributed by atoms with van der Waals surface area (Å²) in [5.41, 5.74) is 0. The van der Waals surface area contributed by atoms with Crippen LogP contribution < -0.4 is 0 Å². The molecular weight excluding hydrogens is 312 g/mol. The highest BCUT2D eigenvalue weighted by molar-refractivity contribution is 4.89. The average Bonchev–Trinajstić information content (AvgIpc) is 2.59. The van der Waals surface area contributed by atoms with Gasteiger partial charge in [-0.2, -0.15) is 0 Å². The Morgan fingerprint density at radius 2 is 1.46 bits per heavy atom. The highest BCUT2D eigenvalue weighted by atomic mass is 16.7. The molecule has 24 heavy (non-hydrogen) atoms. The van der Waals surface area contributed by atoms with E-state index in [-0.39, 0.29) is 6.10 Å². The Balaban J connectivity index is 2.53. The molecule has 0 spiro atoms. The van der Waals surface area contributed by atoms with Crippen LogP contribution in [0.25, 0.3) is 0 Å². The SMILES string of the molecule is CCCCCCC[C@H](CCCC)O[C@@H]1O[C@H](CO)[C@@H](O)[C@H](O)[C@H]1O.